The fourth-order valence-electron chi connectivity index (χ4n) is 2.96. The van der Waals surface area contributed by atoms with E-state index in [-0.39, 0.29) is 12.0 Å². The molecular formula is C20H17NO5S. The second-order valence-electron chi connectivity index (χ2n) is 5.93. The third kappa shape index (κ3) is 3.60. The average molecular weight is 383 g/mol. The van der Waals surface area contributed by atoms with Crippen LogP contribution in [0.2, 0.25) is 0 Å². The lowest BCUT2D eigenvalue weighted by Gasteiger charge is -2.26. The molecule has 3 aromatic rings. The molecule has 0 aliphatic rings. The lowest BCUT2D eigenvalue weighted by molar-refractivity contribution is -0.164. The first-order valence-corrected chi connectivity index (χ1v) is 9.01. The van der Waals surface area contributed by atoms with E-state index in [2.05, 4.69) is 4.98 Å². The van der Waals surface area contributed by atoms with Gasteiger partial charge in [0.1, 0.15) is 0 Å². The highest BCUT2D eigenvalue weighted by Gasteiger charge is 2.42. The van der Waals surface area contributed by atoms with Gasteiger partial charge in [-0.25, -0.2) is 14.6 Å². The van der Waals surface area contributed by atoms with Crippen LogP contribution in [0.15, 0.2) is 59.4 Å². The minimum Gasteiger partial charge on any atom is -0.479 e. The molecule has 1 heterocycles. The number of carbonyl (C=O) groups is 2. The van der Waals surface area contributed by atoms with Crippen LogP contribution in [0.5, 0.6) is 0 Å². The largest absolute Gasteiger partial charge is 0.479 e. The van der Waals surface area contributed by atoms with Crippen LogP contribution in [-0.4, -0.2) is 34.2 Å². The SMILES string of the molecule is COC(Cc1ccc(-c2ccccc2C(=O)O)cc1)(C(=O)O)c1cscn1. The van der Waals surface area contributed by atoms with E-state index in [1.54, 1.807) is 59.4 Å². The smallest absolute Gasteiger partial charge is 0.342 e. The molecule has 1 atom stereocenters. The van der Waals surface area contributed by atoms with Crippen LogP contribution in [-0.2, 0) is 21.6 Å². The molecule has 0 aliphatic heterocycles. The Morgan fingerprint density at radius 3 is 2.37 bits per heavy atom. The Balaban J connectivity index is 1.94. The molecule has 0 bridgehead atoms. The maximum atomic E-state index is 11.9. The lowest BCUT2D eigenvalue weighted by Crippen LogP contribution is -2.40. The van der Waals surface area contributed by atoms with Gasteiger partial charge in [-0.15, -0.1) is 11.3 Å². The van der Waals surface area contributed by atoms with Gasteiger partial charge in [-0.05, 0) is 22.8 Å². The summed E-state index contributed by atoms with van der Waals surface area (Å²) in [4.78, 5) is 27.5. The van der Waals surface area contributed by atoms with Crippen molar-refractivity contribution >= 4 is 23.3 Å². The number of aromatic nitrogens is 1. The number of hydrogen-bond acceptors (Lipinski definition) is 5. The molecule has 0 amide bonds. The van der Waals surface area contributed by atoms with Crippen molar-refractivity contribution in [1.29, 1.82) is 0 Å². The van der Waals surface area contributed by atoms with E-state index in [4.69, 9.17) is 4.74 Å². The van der Waals surface area contributed by atoms with Gasteiger partial charge in [0.2, 0.25) is 5.60 Å². The summed E-state index contributed by atoms with van der Waals surface area (Å²) < 4.78 is 5.38. The van der Waals surface area contributed by atoms with Crippen molar-refractivity contribution in [3.63, 3.8) is 0 Å². The van der Waals surface area contributed by atoms with Gasteiger partial charge in [0.05, 0.1) is 16.8 Å². The summed E-state index contributed by atoms with van der Waals surface area (Å²) in [6.07, 6.45) is 0.101. The number of carboxylic acids is 2. The summed E-state index contributed by atoms with van der Waals surface area (Å²) in [6, 6.07) is 13.8. The number of thiazole rings is 1. The molecular weight excluding hydrogens is 366 g/mol. The molecule has 3 rings (SSSR count). The summed E-state index contributed by atoms with van der Waals surface area (Å²) in [5.41, 5.74) is 2.64. The highest BCUT2D eigenvalue weighted by Crippen LogP contribution is 2.31. The highest BCUT2D eigenvalue weighted by molar-refractivity contribution is 7.07. The molecule has 0 radical (unpaired) electrons. The van der Waals surface area contributed by atoms with E-state index in [0.29, 0.717) is 11.3 Å². The zero-order valence-corrected chi connectivity index (χ0v) is 15.3. The van der Waals surface area contributed by atoms with Crippen LogP contribution in [0, 0.1) is 0 Å². The second kappa shape index (κ2) is 7.69. The van der Waals surface area contributed by atoms with Crippen molar-refractivity contribution in [2.45, 2.75) is 12.0 Å². The highest BCUT2D eigenvalue weighted by atomic mass is 32.1. The van der Waals surface area contributed by atoms with E-state index in [1.807, 2.05) is 0 Å². The minimum atomic E-state index is -1.57. The van der Waals surface area contributed by atoms with Crippen molar-refractivity contribution in [3.8, 4) is 11.1 Å². The summed E-state index contributed by atoms with van der Waals surface area (Å²) in [5.74, 6) is -2.11. The molecule has 2 N–H and O–H groups in total. The lowest BCUT2D eigenvalue weighted by atomic mass is 9.90. The Morgan fingerprint density at radius 2 is 1.81 bits per heavy atom. The minimum absolute atomic E-state index is 0.101. The Morgan fingerprint density at radius 1 is 1.11 bits per heavy atom. The average Bonchev–Trinajstić information content (AvgIpc) is 3.21. The van der Waals surface area contributed by atoms with E-state index in [1.165, 1.54) is 18.4 Å². The van der Waals surface area contributed by atoms with Gasteiger partial charge >= 0.3 is 11.9 Å². The summed E-state index contributed by atoms with van der Waals surface area (Å²) in [6.45, 7) is 0. The fraction of sp³-hybridized carbons (Fsp3) is 0.150. The van der Waals surface area contributed by atoms with Gasteiger partial charge in [-0.1, -0.05) is 42.5 Å². The quantitative estimate of drug-likeness (QED) is 0.646. The maximum absolute atomic E-state index is 11.9. The number of carboxylic acid groups (broad SMARTS) is 2. The van der Waals surface area contributed by atoms with E-state index >= 15 is 0 Å². The predicted molar refractivity (Wildman–Crippen MR) is 101 cm³/mol. The molecule has 138 valence electrons. The first-order chi connectivity index (χ1) is 13.0. The first-order valence-electron chi connectivity index (χ1n) is 8.07. The van der Waals surface area contributed by atoms with Crippen molar-refractivity contribution in [2.75, 3.05) is 7.11 Å². The number of benzene rings is 2. The molecule has 0 fully saturated rings. The number of rotatable bonds is 7. The molecule has 27 heavy (non-hydrogen) atoms. The standard InChI is InChI=1S/C20H17NO5S/c1-26-20(19(24)25,17-11-27-12-21-17)10-13-6-8-14(9-7-13)15-4-2-3-5-16(15)18(22)23/h2-9,11-12H,10H2,1H3,(H,22,23)(H,24,25). The topological polar surface area (TPSA) is 96.7 Å². The summed E-state index contributed by atoms with van der Waals surface area (Å²) in [5, 5.41) is 20.8. The van der Waals surface area contributed by atoms with Crippen LogP contribution < -0.4 is 0 Å². The third-order valence-electron chi connectivity index (χ3n) is 4.42. The molecule has 7 heteroatoms. The summed E-state index contributed by atoms with van der Waals surface area (Å²) >= 11 is 1.30. The maximum Gasteiger partial charge on any atom is 0.342 e. The van der Waals surface area contributed by atoms with Crippen LogP contribution in [0.25, 0.3) is 11.1 Å². The Bertz CT molecular complexity index is 953. The fourth-order valence-corrected chi connectivity index (χ4v) is 3.58. The number of hydrogen-bond donors (Lipinski definition) is 2. The normalized spacial score (nSPS) is 13.1. The van der Waals surface area contributed by atoms with Crippen LogP contribution in [0.4, 0.5) is 0 Å². The van der Waals surface area contributed by atoms with Gasteiger partial charge < -0.3 is 14.9 Å². The molecule has 1 aromatic heterocycles. The van der Waals surface area contributed by atoms with E-state index in [9.17, 15) is 19.8 Å². The molecule has 0 saturated carbocycles. The van der Waals surface area contributed by atoms with Crippen molar-refractivity contribution < 1.29 is 24.5 Å². The zero-order valence-electron chi connectivity index (χ0n) is 14.5. The van der Waals surface area contributed by atoms with Crippen LogP contribution in [0.1, 0.15) is 21.6 Å². The van der Waals surface area contributed by atoms with Gasteiger partial charge in [-0.2, -0.15) is 0 Å². The number of aromatic carboxylic acids is 1. The number of ether oxygens (including phenoxy) is 1. The van der Waals surface area contributed by atoms with Gasteiger partial charge in [0.15, 0.2) is 0 Å². The molecule has 6 nitrogen and oxygen atoms in total. The molecule has 0 saturated heterocycles. The number of nitrogens with zero attached hydrogens (tertiary/aromatic N) is 1. The number of methoxy groups -OCH3 is 1. The Kier molecular flexibility index (Phi) is 5.34. The van der Waals surface area contributed by atoms with Crippen molar-refractivity contribution in [2.24, 2.45) is 0 Å². The first kappa shape index (κ1) is 18.8. The van der Waals surface area contributed by atoms with E-state index in [0.717, 1.165) is 11.1 Å². The van der Waals surface area contributed by atoms with Crippen molar-refractivity contribution in [3.05, 3.63) is 76.2 Å². The molecule has 1 unspecified atom stereocenters. The van der Waals surface area contributed by atoms with Gasteiger partial charge in [-0.3, -0.25) is 0 Å². The molecule has 0 aliphatic carbocycles. The predicted octanol–water partition coefficient (Wildman–Crippen LogP) is 3.68. The third-order valence-corrected chi connectivity index (χ3v) is 5.00. The molecule has 0 spiro atoms. The van der Waals surface area contributed by atoms with Crippen LogP contribution >= 0.6 is 11.3 Å². The van der Waals surface area contributed by atoms with Gasteiger partial charge in [0.25, 0.3) is 0 Å². The number of aliphatic carboxylic acids is 1. The molecule has 2 aromatic carbocycles. The van der Waals surface area contributed by atoms with Crippen LogP contribution in [0.3, 0.4) is 0 Å². The Labute approximate surface area is 159 Å². The van der Waals surface area contributed by atoms with Crippen molar-refractivity contribution in [1.82, 2.24) is 4.98 Å². The second-order valence-corrected chi connectivity index (χ2v) is 6.65. The monoisotopic (exact) mass is 383 g/mol. The van der Waals surface area contributed by atoms with E-state index < -0.39 is 17.5 Å². The zero-order chi connectivity index (χ0) is 19.4. The summed E-state index contributed by atoms with van der Waals surface area (Å²) in [7, 11) is 1.35. The Hall–Kier alpha value is -3.03. The van der Waals surface area contributed by atoms with Gasteiger partial charge in [0, 0.05) is 18.9 Å².